The molecular formula is C21H38IN5. The van der Waals surface area contributed by atoms with Gasteiger partial charge in [0.25, 0.3) is 0 Å². The number of aromatic nitrogens is 1. The Kier molecular flexibility index (Phi) is 10.4. The summed E-state index contributed by atoms with van der Waals surface area (Å²) in [6, 6.07) is 4.75. The number of piperidine rings is 1. The Bertz CT molecular complexity index is 557. The van der Waals surface area contributed by atoms with Crippen LogP contribution in [0.2, 0.25) is 0 Å². The molecule has 0 spiro atoms. The van der Waals surface area contributed by atoms with Gasteiger partial charge in [0, 0.05) is 38.4 Å². The molecule has 0 radical (unpaired) electrons. The fourth-order valence-electron chi connectivity index (χ4n) is 3.21. The Morgan fingerprint density at radius 1 is 1.26 bits per heavy atom. The molecule has 6 heteroatoms. The normalized spacial score (nSPS) is 16.0. The highest BCUT2D eigenvalue weighted by atomic mass is 127. The Balaban J connectivity index is 0.00000364. The number of hydrogen-bond acceptors (Lipinski definition) is 3. The molecule has 2 N–H and O–H groups in total. The number of aliphatic imine (C=N–C) groups is 1. The molecule has 1 aliphatic rings. The summed E-state index contributed by atoms with van der Waals surface area (Å²) in [5.41, 5.74) is 1.60. The van der Waals surface area contributed by atoms with Crippen molar-refractivity contribution >= 4 is 35.8 Å². The number of hydrogen-bond donors (Lipinski definition) is 2. The van der Waals surface area contributed by atoms with E-state index >= 15 is 0 Å². The largest absolute Gasteiger partial charge is 0.357 e. The highest BCUT2D eigenvalue weighted by molar-refractivity contribution is 14.0. The molecule has 2 heterocycles. The van der Waals surface area contributed by atoms with Crippen molar-refractivity contribution in [3.8, 4) is 0 Å². The minimum absolute atomic E-state index is 0. The first-order chi connectivity index (χ1) is 12.4. The average Bonchev–Trinajstić information content (AvgIpc) is 2.59. The van der Waals surface area contributed by atoms with Gasteiger partial charge in [-0.3, -0.25) is 4.99 Å². The number of aryl methyl sites for hydroxylation is 1. The maximum atomic E-state index is 4.77. The minimum Gasteiger partial charge on any atom is -0.357 e. The van der Waals surface area contributed by atoms with E-state index in [9.17, 15) is 0 Å². The van der Waals surface area contributed by atoms with Crippen LogP contribution in [0.15, 0.2) is 23.3 Å². The first-order valence-electron chi connectivity index (χ1n) is 10.1. The van der Waals surface area contributed by atoms with E-state index in [4.69, 9.17) is 4.99 Å². The van der Waals surface area contributed by atoms with Crippen LogP contribution in [0, 0.1) is 12.3 Å². The van der Waals surface area contributed by atoms with Gasteiger partial charge in [0.2, 0.25) is 0 Å². The predicted octanol–water partition coefficient (Wildman–Crippen LogP) is 4.36. The van der Waals surface area contributed by atoms with Crippen LogP contribution in [0.3, 0.4) is 0 Å². The van der Waals surface area contributed by atoms with Crippen LogP contribution >= 0.6 is 24.0 Å². The summed E-state index contributed by atoms with van der Waals surface area (Å²) in [7, 11) is 0. The molecule has 0 atom stereocenters. The topological polar surface area (TPSA) is 52.6 Å². The lowest BCUT2D eigenvalue weighted by atomic mass is 9.91. The molecule has 2 rings (SSSR count). The van der Waals surface area contributed by atoms with E-state index in [1.807, 2.05) is 6.20 Å². The van der Waals surface area contributed by atoms with Crippen molar-refractivity contribution in [1.82, 2.24) is 15.6 Å². The Hall–Kier alpha value is -1.05. The molecule has 1 aromatic heterocycles. The lowest BCUT2D eigenvalue weighted by Gasteiger charge is -2.33. The molecule has 1 saturated heterocycles. The molecule has 0 unspecified atom stereocenters. The molecule has 0 amide bonds. The van der Waals surface area contributed by atoms with Crippen LogP contribution < -0.4 is 15.5 Å². The number of rotatable bonds is 6. The van der Waals surface area contributed by atoms with Crippen molar-refractivity contribution in [1.29, 1.82) is 0 Å². The van der Waals surface area contributed by atoms with E-state index in [1.54, 1.807) is 0 Å². The molecule has 1 aliphatic heterocycles. The molecule has 154 valence electrons. The van der Waals surface area contributed by atoms with Gasteiger partial charge in [0.1, 0.15) is 5.82 Å². The van der Waals surface area contributed by atoms with Gasteiger partial charge in [-0.2, -0.15) is 0 Å². The van der Waals surface area contributed by atoms with Crippen molar-refractivity contribution < 1.29 is 0 Å². The highest BCUT2D eigenvalue weighted by Crippen LogP contribution is 2.20. The van der Waals surface area contributed by atoms with E-state index in [0.29, 0.717) is 11.5 Å². The minimum atomic E-state index is 0. The maximum absolute atomic E-state index is 4.77. The molecule has 1 aromatic rings. The second-order valence-electron chi connectivity index (χ2n) is 8.52. The zero-order valence-corrected chi connectivity index (χ0v) is 20.0. The second-order valence-corrected chi connectivity index (χ2v) is 8.52. The third kappa shape index (κ3) is 9.12. The average molecular weight is 487 g/mol. The van der Waals surface area contributed by atoms with Crippen LogP contribution in [-0.2, 0) is 0 Å². The molecule has 27 heavy (non-hydrogen) atoms. The van der Waals surface area contributed by atoms with Crippen molar-refractivity contribution in [2.45, 2.75) is 66.3 Å². The molecule has 1 fully saturated rings. The molecule has 0 saturated carbocycles. The van der Waals surface area contributed by atoms with Gasteiger partial charge >= 0.3 is 0 Å². The molecule has 5 nitrogen and oxygen atoms in total. The van der Waals surface area contributed by atoms with Gasteiger partial charge in [0.05, 0.1) is 0 Å². The van der Waals surface area contributed by atoms with E-state index < -0.39 is 0 Å². The smallest absolute Gasteiger partial charge is 0.191 e. The van der Waals surface area contributed by atoms with Crippen LogP contribution in [-0.4, -0.2) is 43.2 Å². The molecule has 0 aliphatic carbocycles. The second kappa shape index (κ2) is 11.7. The van der Waals surface area contributed by atoms with Gasteiger partial charge in [-0.1, -0.05) is 26.8 Å². The van der Waals surface area contributed by atoms with Crippen LogP contribution in [0.5, 0.6) is 0 Å². The van der Waals surface area contributed by atoms with Crippen molar-refractivity contribution in [2.75, 3.05) is 31.1 Å². The maximum Gasteiger partial charge on any atom is 0.191 e. The zero-order valence-electron chi connectivity index (χ0n) is 17.7. The summed E-state index contributed by atoms with van der Waals surface area (Å²) in [5.74, 6) is 2.06. The molecule has 0 bridgehead atoms. The molecule has 0 aromatic carbocycles. The van der Waals surface area contributed by atoms with Gasteiger partial charge in [-0.15, -0.1) is 24.0 Å². The van der Waals surface area contributed by atoms with Crippen molar-refractivity contribution in [3.05, 3.63) is 23.9 Å². The van der Waals surface area contributed by atoms with Gasteiger partial charge in [-0.05, 0) is 56.6 Å². The lowest BCUT2D eigenvalue weighted by molar-refractivity contribution is 0.368. The summed E-state index contributed by atoms with van der Waals surface area (Å²) in [4.78, 5) is 11.7. The number of nitrogens with one attached hydrogen (secondary N) is 2. The highest BCUT2D eigenvalue weighted by Gasteiger charge is 2.20. The fourth-order valence-corrected chi connectivity index (χ4v) is 3.21. The van der Waals surface area contributed by atoms with Crippen molar-refractivity contribution in [3.63, 3.8) is 0 Å². The number of pyridine rings is 1. The number of nitrogens with zero attached hydrogens (tertiary/aromatic N) is 3. The van der Waals surface area contributed by atoms with Crippen LogP contribution in [0.25, 0.3) is 0 Å². The summed E-state index contributed by atoms with van der Waals surface area (Å²) in [6.07, 6.45) is 6.52. The predicted molar refractivity (Wildman–Crippen MR) is 127 cm³/mol. The van der Waals surface area contributed by atoms with Crippen LogP contribution in [0.4, 0.5) is 5.82 Å². The Labute approximate surface area is 182 Å². The van der Waals surface area contributed by atoms with Gasteiger partial charge in [0.15, 0.2) is 5.96 Å². The molecular weight excluding hydrogens is 449 g/mol. The standard InChI is InChI=1S/C21H37N5.HI/c1-6-22-20(23-13-7-12-21(3,4)5)25-18-10-14-26(15-11-18)19-9-8-17(2)16-24-19;/h8-9,16,18H,6-7,10-15H2,1-5H3,(H2,22,23,25);1H. The monoisotopic (exact) mass is 487 g/mol. The summed E-state index contributed by atoms with van der Waals surface area (Å²) in [6.45, 7) is 14.9. The Morgan fingerprint density at radius 3 is 2.52 bits per heavy atom. The van der Waals surface area contributed by atoms with Crippen LogP contribution in [0.1, 0.15) is 58.9 Å². The van der Waals surface area contributed by atoms with E-state index in [2.05, 4.69) is 67.3 Å². The summed E-state index contributed by atoms with van der Waals surface area (Å²) < 4.78 is 0. The SMILES string of the molecule is CCNC(=NCCCC(C)(C)C)NC1CCN(c2ccc(C)cn2)CC1.I. The van der Waals surface area contributed by atoms with E-state index in [1.165, 1.54) is 12.0 Å². The fraction of sp³-hybridized carbons (Fsp3) is 0.714. The first kappa shape index (κ1) is 24.0. The third-order valence-electron chi connectivity index (χ3n) is 4.75. The lowest BCUT2D eigenvalue weighted by Crippen LogP contribution is -2.49. The first-order valence-corrected chi connectivity index (χ1v) is 10.1. The van der Waals surface area contributed by atoms with E-state index in [0.717, 1.165) is 57.2 Å². The number of halogens is 1. The van der Waals surface area contributed by atoms with E-state index in [-0.39, 0.29) is 24.0 Å². The third-order valence-corrected chi connectivity index (χ3v) is 4.75. The number of guanidine groups is 1. The van der Waals surface area contributed by atoms with Gasteiger partial charge in [-0.25, -0.2) is 4.98 Å². The Morgan fingerprint density at radius 2 is 1.96 bits per heavy atom. The summed E-state index contributed by atoms with van der Waals surface area (Å²) >= 11 is 0. The number of anilines is 1. The summed E-state index contributed by atoms with van der Waals surface area (Å²) in [5, 5.41) is 7.02. The van der Waals surface area contributed by atoms with Gasteiger partial charge < -0.3 is 15.5 Å². The van der Waals surface area contributed by atoms with Crippen molar-refractivity contribution in [2.24, 2.45) is 10.4 Å². The zero-order chi connectivity index (χ0) is 19.0. The quantitative estimate of drug-likeness (QED) is 0.271.